The standard InChI is InChI=1S/C21H26F2N4O.HI/c1-4-14(2)20(28)27-18-7-5-6-15(10-18)12-25-21(24-3)26-13-16-11-17(22)8-9-19(16)23;/h5-11,14H,4,12-13H2,1-3H3,(H,27,28)(H2,24,25,26);1H. The highest BCUT2D eigenvalue weighted by atomic mass is 127. The molecule has 0 heterocycles. The lowest BCUT2D eigenvalue weighted by molar-refractivity contribution is -0.119. The molecule has 0 aliphatic rings. The number of guanidine groups is 1. The molecule has 0 spiro atoms. The van der Waals surface area contributed by atoms with E-state index in [4.69, 9.17) is 0 Å². The molecule has 0 radical (unpaired) electrons. The summed E-state index contributed by atoms with van der Waals surface area (Å²) in [5, 5.41) is 8.97. The van der Waals surface area contributed by atoms with Gasteiger partial charge in [-0.05, 0) is 42.3 Å². The summed E-state index contributed by atoms with van der Waals surface area (Å²) < 4.78 is 27.0. The normalized spacial score (nSPS) is 12.0. The summed E-state index contributed by atoms with van der Waals surface area (Å²) in [5.41, 5.74) is 1.90. The SMILES string of the molecule is CCC(C)C(=O)Nc1cccc(CNC(=NC)NCc2cc(F)ccc2F)c1.I. The minimum Gasteiger partial charge on any atom is -0.352 e. The minimum atomic E-state index is -0.489. The van der Waals surface area contributed by atoms with Crippen molar-refractivity contribution in [1.82, 2.24) is 10.6 Å². The first-order valence-corrected chi connectivity index (χ1v) is 9.21. The maximum Gasteiger partial charge on any atom is 0.227 e. The number of amides is 1. The maximum atomic E-state index is 13.7. The fourth-order valence-electron chi connectivity index (χ4n) is 2.47. The molecule has 29 heavy (non-hydrogen) atoms. The van der Waals surface area contributed by atoms with Crippen molar-refractivity contribution in [2.45, 2.75) is 33.4 Å². The molecule has 0 saturated heterocycles. The Morgan fingerprint density at radius 2 is 1.83 bits per heavy atom. The quantitative estimate of drug-likeness (QED) is 0.290. The second kappa shape index (κ2) is 12.4. The van der Waals surface area contributed by atoms with Crippen LogP contribution >= 0.6 is 24.0 Å². The van der Waals surface area contributed by atoms with Crippen molar-refractivity contribution in [2.75, 3.05) is 12.4 Å². The molecule has 1 atom stereocenters. The van der Waals surface area contributed by atoms with Gasteiger partial charge in [0.2, 0.25) is 5.91 Å². The number of anilines is 1. The number of benzene rings is 2. The Morgan fingerprint density at radius 3 is 2.52 bits per heavy atom. The molecule has 0 fully saturated rings. The summed E-state index contributed by atoms with van der Waals surface area (Å²) in [4.78, 5) is 16.1. The Balaban J connectivity index is 0.00000420. The van der Waals surface area contributed by atoms with Gasteiger partial charge in [0.15, 0.2) is 5.96 Å². The highest BCUT2D eigenvalue weighted by molar-refractivity contribution is 14.0. The second-order valence-electron chi connectivity index (χ2n) is 6.51. The topological polar surface area (TPSA) is 65.5 Å². The van der Waals surface area contributed by atoms with Crippen LogP contribution < -0.4 is 16.0 Å². The number of aliphatic imine (C=N–C) groups is 1. The van der Waals surface area contributed by atoms with E-state index in [9.17, 15) is 13.6 Å². The van der Waals surface area contributed by atoms with Crippen LogP contribution in [0.5, 0.6) is 0 Å². The van der Waals surface area contributed by atoms with Crippen LogP contribution in [-0.4, -0.2) is 18.9 Å². The van der Waals surface area contributed by atoms with E-state index in [0.717, 1.165) is 35.9 Å². The summed E-state index contributed by atoms with van der Waals surface area (Å²) >= 11 is 0. The maximum absolute atomic E-state index is 13.7. The van der Waals surface area contributed by atoms with Crippen LogP contribution in [0.4, 0.5) is 14.5 Å². The van der Waals surface area contributed by atoms with Gasteiger partial charge in [0.1, 0.15) is 11.6 Å². The number of hydrogen-bond donors (Lipinski definition) is 3. The van der Waals surface area contributed by atoms with Crippen molar-refractivity contribution in [3.63, 3.8) is 0 Å². The Kier molecular flexibility index (Phi) is 10.6. The fraction of sp³-hybridized carbons (Fsp3) is 0.333. The molecule has 0 aliphatic carbocycles. The zero-order valence-electron chi connectivity index (χ0n) is 16.8. The van der Waals surface area contributed by atoms with Gasteiger partial charge in [0.05, 0.1) is 0 Å². The molecule has 158 valence electrons. The van der Waals surface area contributed by atoms with E-state index in [1.807, 2.05) is 38.1 Å². The van der Waals surface area contributed by atoms with Crippen LogP contribution in [0.25, 0.3) is 0 Å². The van der Waals surface area contributed by atoms with Gasteiger partial charge in [-0.15, -0.1) is 24.0 Å². The highest BCUT2D eigenvalue weighted by Gasteiger charge is 2.10. The molecule has 1 amide bonds. The molecule has 2 rings (SSSR count). The van der Waals surface area contributed by atoms with Gasteiger partial charge >= 0.3 is 0 Å². The van der Waals surface area contributed by atoms with Crippen molar-refractivity contribution in [3.05, 3.63) is 65.2 Å². The van der Waals surface area contributed by atoms with Crippen molar-refractivity contribution < 1.29 is 13.6 Å². The number of carbonyl (C=O) groups is 1. The monoisotopic (exact) mass is 516 g/mol. The van der Waals surface area contributed by atoms with Crippen molar-refractivity contribution >= 4 is 41.5 Å². The Labute approximate surface area is 187 Å². The highest BCUT2D eigenvalue weighted by Crippen LogP contribution is 2.13. The van der Waals surface area contributed by atoms with E-state index in [1.165, 1.54) is 0 Å². The molecule has 0 bridgehead atoms. The first-order valence-electron chi connectivity index (χ1n) is 9.21. The van der Waals surface area contributed by atoms with Gasteiger partial charge in [-0.2, -0.15) is 0 Å². The lowest BCUT2D eigenvalue weighted by Gasteiger charge is -2.14. The summed E-state index contributed by atoms with van der Waals surface area (Å²) in [7, 11) is 1.60. The van der Waals surface area contributed by atoms with E-state index in [2.05, 4.69) is 20.9 Å². The molecule has 2 aromatic rings. The van der Waals surface area contributed by atoms with Crippen molar-refractivity contribution in [3.8, 4) is 0 Å². The molecular weight excluding hydrogens is 489 g/mol. The van der Waals surface area contributed by atoms with Crippen LogP contribution in [0.15, 0.2) is 47.5 Å². The van der Waals surface area contributed by atoms with E-state index < -0.39 is 11.6 Å². The number of halogens is 3. The average molecular weight is 516 g/mol. The van der Waals surface area contributed by atoms with E-state index in [1.54, 1.807) is 7.05 Å². The largest absolute Gasteiger partial charge is 0.352 e. The third kappa shape index (κ3) is 7.96. The van der Waals surface area contributed by atoms with Crippen molar-refractivity contribution in [2.24, 2.45) is 10.9 Å². The fourth-order valence-corrected chi connectivity index (χ4v) is 2.47. The lowest BCUT2D eigenvalue weighted by atomic mass is 10.1. The number of nitrogens with one attached hydrogen (secondary N) is 3. The molecule has 0 aliphatic heterocycles. The predicted octanol–water partition coefficient (Wildman–Crippen LogP) is 4.43. The molecule has 1 unspecified atom stereocenters. The van der Waals surface area contributed by atoms with Crippen LogP contribution in [0, 0.1) is 17.6 Å². The number of nitrogens with zero attached hydrogens (tertiary/aromatic N) is 1. The van der Waals surface area contributed by atoms with Gasteiger partial charge in [0, 0.05) is 37.3 Å². The second-order valence-corrected chi connectivity index (χ2v) is 6.51. The van der Waals surface area contributed by atoms with E-state index in [-0.39, 0.29) is 47.9 Å². The van der Waals surface area contributed by atoms with Crippen LogP contribution in [0.2, 0.25) is 0 Å². The molecular formula is C21H27F2IN4O. The first-order chi connectivity index (χ1) is 13.4. The zero-order chi connectivity index (χ0) is 20.5. The van der Waals surface area contributed by atoms with Gasteiger partial charge < -0.3 is 16.0 Å². The Morgan fingerprint density at radius 1 is 1.10 bits per heavy atom. The average Bonchev–Trinajstić information content (AvgIpc) is 2.70. The van der Waals surface area contributed by atoms with Gasteiger partial charge in [-0.25, -0.2) is 8.78 Å². The van der Waals surface area contributed by atoms with E-state index in [0.29, 0.717) is 12.5 Å². The van der Waals surface area contributed by atoms with Crippen LogP contribution in [-0.2, 0) is 17.9 Å². The molecule has 0 aromatic heterocycles. The minimum absolute atomic E-state index is 0. The van der Waals surface area contributed by atoms with Crippen molar-refractivity contribution in [1.29, 1.82) is 0 Å². The van der Waals surface area contributed by atoms with Gasteiger partial charge in [-0.3, -0.25) is 9.79 Å². The molecule has 5 nitrogen and oxygen atoms in total. The lowest BCUT2D eigenvalue weighted by Crippen LogP contribution is -2.36. The van der Waals surface area contributed by atoms with Gasteiger partial charge in [-0.1, -0.05) is 26.0 Å². The summed E-state index contributed by atoms with van der Waals surface area (Å²) in [5.74, 6) is -0.570. The third-order valence-corrected chi connectivity index (χ3v) is 4.39. The number of carbonyl (C=O) groups excluding carboxylic acids is 1. The molecule has 8 heteroatoms. The Bertz CT molecular complexity index is 845. The van der Waals surface area contributed by atoms with Gasteiger partial charge in [0.25, 0.3) is 0 Å². The third-order valence-electron chi connectivity index (χ3n) is 4.39. The zero-order valence-corrected chi connectivity index (χ0v) is 19.1. The Hall–Kier alpha value is -2.23. The van der Waals surface area contributed by atoms with E-state index >= 15 is 0 Å². The molecule has 0 saturated carbocycles. The van der Waals surface area contributed by atoms with Crippen LogP contribution in [0.1, 0.15) is 31.4 Å². The summed E-state index contributed by atoms with van der Waals surface area (Å²) in [6.45, 7) is 4.42. The predicted molar refractivity (Wildman–Crippen MR) is 123 cm³/mol. The number of hydrogen-bond acceptors (Lipinski definition) is 2. The first kappa shape index (κ1) is 24.8. The number of rotatable bonds is 7. The summed E-state index contributed by atoms with van der Waals surface area (Å²) in [6.07, 6.45) is 0.779. The smallest absolute Gasteiger partial charge is 0.227 e. The molecule has 3 N–H and O–H groups in total. The molecule has 2 aromatic carbocycles. The summed E-state index contributed by atoms with van der Waals surface area (Å²) in [6, 6.07) is 10.8. The van der Waals surface area contributed by atoms with Crippen LogP contribution in [0.3, 0.4) is 0 Å².